The van der Waals surface area contributed by atoms with Gasteiger partial charge < -0.3 is 30.9 Å². The van der Waals surface area contributed by atoms with Gasteiger partial charge in [0.15, 0.2) is 17.7 Å². The second kappa shape index (κ2) is 14.2. The molecule has 1 aromatic heterocycles. The number of urea groups is 1. The molecule has 224 valence electrons. The Labute approximate surface area is 247 Å². The van der Waals surface area contributed by atoms with E-state index in [4.69, 9.17) is 15.2 Å². The van der Waals surface area contributed by atoms with Crippen LogP contribution in [0, 0.1) is 17.6 Å². The number of carbonyl (C=O) groups is 2. The second-order valence-corrected chi connectivity index (χ2v) is 10.2. The number of pyridine rings is 1. The SMILES string of the molecule is CC(C)CC(Oc1nc(Oc2cc(CNC(=O)Nc3ccccc3)cc(-c3cccc(CN)c3)c2)c(F)cc1F)C(=O)O. The highest BCUT2D eigenvalue weighted by Gasteiger charge is 2.25. The minimum Gasteiger partial charge on any atom is -0.479 e. The molecule has 4 aromatic rings. The lowest BCUT2D eigenvalue weighted by Crippen LogP contribution is -2.29. The first-order chi connectivity index (χ1) is 20.6. The molecule has 1 heterocycles. The molecule has 0 aliphatic carbocycles. The largest absolute Gasteiger partial charge is 0.479 e. The van der Waals surface area contributed by atoms with Gasteiger partial charge in [-0.05, 0) is 71.0 Å². The Morgan fingerprint density at radius 2 is 1.63 bits per heavy atom. The normalized spacial score (nSPS) is 11.6. The maximum Gasteiger partial charge on any atom is 0.344 e. The third-order valence-corrected chi connectivity index (χ3v) is 6.24. The summed E-state index contributed by atoms with van der Waals surface area (Å²) < 4.78 is 40.4. The van der Waals surface area contributed by atoms with Gasteiger partial charge in [0.25, 0.3) is 11.8 Å². The summed E-state index contributed by atoms with van der Waals surface area (Å²) in [4.78, 5) is 28.0. The molecule has 3 aromatic carbocycles. The van der Waals surface area contributed by atoms with Gasteiger partial charge in [-0.2, -0.15) is 4.98 Å². The molecule has 0 bridgehead atoms. The minimum atomic E-state index is -1.39. The smallest absolute Gasteiger partial charge is 0.344 e. The number of hydrogen-bond donors (Lipinski definition) is 4. The average molecular weight is 591 g/mol. The highest BCUT2D eigenvalue weighted by atomic mass is 19.1. The number of rotatable bonds is 12. The first-order valence-electron chi connectivity index (χ1n) is 13.6. The molecular weight excluding hydrogens is 558 g/mol. The molecule has 0 radical (unpaired) electrons. The van der Waals surface area contributed by atoms with Crippen LogP contribution in [0.5, 0.6) is 17.5 Å². The summed E-state index contributed by atoms with van der Waals surface area (Å²) in [5.41, 5.74) is 9.39. The van der Waals surface area contributed by atoms with Crippen molar-refractivity contribution in [1.29, 1.82) is 0 Å². The third kappa shape index (κ3) is 8.73. The van der Waals surface area contributed by atoms with Crippen molar-refractivity contribution in [2.45, 2.75) is 39.5 Å². The maximum absolute atomic E-state index is 14.8. The van der Waals surface area contributed by atoms with Crippen molar-refractivity contribution >= 4 is 17.7 Å². The third-order valence-electron chi connectivity index (χ3n) is 6.24. The van der Waals surface area contributed by atoms with E-state index in [9.17, 15) is 23.5 Å². The van der Waals surface area contributed by atoms with E-state index in [1.54, 1.807) is 50.2 Å². The number of ether oxygens (including phenoxy) is 2. The highest BCUT2D eigenvalue weighted by Crippen LogP contribution is 2.32. The zero-order valence-electron chi connectivity index (χ0n) is 23.6. The van der Waals surface area contributed by atoms with Crippen molar-refractivity contribution in [3.8, 4) is 28.6 Å². The lowest BCUT2D eigenvalue weighted by molar-refractivity contribution is -0.146. The average Bonchev–Trinajstić information content (AvgIpc) is 2.98. The van der Waals surface area contributed by atoms with Gasteiger partial charge in [-0.15, -0.1) is 0 Å². The Morgan fingerprint density at radius 3 is 2.33 bits per heavy atom. The second-order valence-electron chi connectivity index (χ2n) is 10.2. The van der Waals surface area contributed by atoms with Crippen LogP contribution in [0.1, 0.15) is 31.4 Å². The first-order valence-corrected chi connectivity index (χ1v) is 13.6. The summed E-state index contributed by atoms with van der Waals surface area (Å²) in [5, 5.41) is 15.0. The molecule has 0 saturated heterocycles. The molecule has 0 aliphatic rings. The molecule has 0 fully saturated rings. The molecule has 5 N–H and O–H groups in total. The van der Waals surface area contributed by atoms with E-state index >= 15 is 0 Å². The van der Waals surface area contributed by atoms with E-state index in [-0.39, 0.29) is 24.6 Å². The van der Waals surface area contributed by atoms with E-state index in [0.717, 1.165) is 11.1 Å². The number of benzene rings is 3. The fourth-order valence-corrected chi connectivity index (χ4v) is 4.21. The number of aliphatic carboxylic acids is 1. The lowest BCUT2D eigenvalue weighted by atomic mass is 10.0. The standard InChI is InChI=1S/C32H32F2N4O5/c1-19(2)11-28(31(39)40)43-30-27(34)16-26(33)29(38-30)42-25-14-21(18-36-32(41)37-24-9-4-3-5-10-24)13-23(15-25)22-8-6-7-20(12-22)17-35/h3-10,12-16,19,28H,11,17-18,35H2,1-2H3,(H,39,40)(H2,36,37,41). The fraction of sp³-hybridized carbons (Fsp3) is 0.219. The quantitative estimate of drug-likeness (QED) is 0.148. The van der Waals surface area contributed by atoms with E-state index < -0.39 is 41.5 Å². The monoisotopic (exact) mass is 590 g/mol. The van der Waals surface area contributed by atoms with E-state index in [1.807, 2.05) is 36.4 Å². The number of aromatic nitrogens is 1. The number of nitrogens with two attached hydrogens (primary N) is 1. The zero-order chi connectivity index (χ0) is 30.9. The highest BCUT2D eigenvalue weighted by molar-refractivity contribution is 5.89. The van der Waals surface area contributed by atoms with Crippen LogP contribution < -0.4 is 25.8 Å². The van der Waals surface area contributed by atoms with Crippen LogP contribution in [0.15, 0.2) is 78.9 Å². The topological polar surface area (TPSA) is 136 Å². The van der Waals surface area contributed by atoms with Crippen LogP contribution in [0.4, 0.5) is 19.3 Å². The van der Waals surface area contributed by atoms with Gasteiger partial charge in [-0.1, -0.05) is 50.2 Å². The van der Waals surface area contributed by atoms with Crippen molar-refractivity contribution in [2.75, 3.05) is 5.32 Å². The van der Waals surface area contributed by atoms with E-state index in [2.05, 4.69) is 15.6 Å². The Hall–Kier alpha value is -5.03. The van der Waals surface area contributed by atoms with Crippen LogP contribution in [-0.2, 0) is 17.9 Å². The van der Waals surface area contributed by atoms with Gasteiger partial charge in [0.1, 0.15) is 5.75 Å². The fourth-order valence-electron chi connectivity index (χ4n) is 4.21. The van der Waals surface area contributed by atoms with Gasteiger partial charge in [-0.25, -0.2) is 18.4 Å². The summed E-state index contributed by atoms with van der Waals surface area (Å²) in [6.07, 6.45) is -1.31. The van der Waals surface area contributed by atoms with Crippen LogP contribution >= 0.6 is 0 Å². The zero-order valence-corrected chi connectivity index (χ0v) is 23.6. The number of para-hydroxylation sites is 1. The van der Waals surface area contributed by atoms with Crippen molar-refractivity contribution in [1.82, 2.24) is 10.3 Å². The summed E-state index contributed by atoms with van der Waals surface area (Å²) in [6, 6.07) is 21.5. The van der Waals surface area contributed by atoms with E-state index in [1.165, 1.54) is 0 Å². The van der Waals surface area contributed by atoms with Gasteiger partial charge in [-0.3, -0.25) is 0 Å². The summed E-state index contributed by atoms with van der Waals surface area (Å²) in [6.45, 7) is 3.98. The molecule has 4 rings (SSSR count). The molecule has 1 atom stereocenters. The predicted molar refractivity (Wildman–Crippen MR) is 158 cm³/mol. The number of carbonyl (C=O) groups excluding carboxylic acids is 1. The maximum atomic E-state index is 14.8. The number of carboxylic acids is 1. The first kappa shape index (κ1) is 30.9. The molecule has 0 aliphatic heterocycles. The summed E-state index contributed by atoms with van der Waals surface area (Å²) in [7, 11) is 0. The van der Waals surface area contributed by atoms with Crippen LogP contribution in [-0.4, -0.2) is 28.2 Å². The molecule has 9 nitrogen and oxygen atoms in total. The number of nitrogens with one attached hydrogen (secondary N) is 2. The number of carboxylic acid groups (broad SMARTS) is 1. The van der Waals surface area contributed by atoms with Crippen molar-refractivity contribution in [3.63, 3.8) is 0 Å². The lowest BCUT2D eigenvalue weighted by Gasteiger charge is -2.17. The van der Waals surface area contributed by atoms with Crippen molar-refractivity contribution in [2.24, 2.45) is 11.7 Å². The summed E-state index contributed by atoms with van der Waals surface area (Å²) in [5.74, 6) is -4.82. The van der Waals surface area contributed by atoms with E-state index in [0.29, 0.717) is 29.4 Å². The van der Waals surface area contributed by atoms with Gasteiger partial charge in [0.2, 0.25) is 0 Å². The van der Waals surface area contributed by atoms with Crippen molar-refractivity contribution in [3.05, 3.63) is 102 Å². The molecule has 0 saturated carbocycles. The number of amides is 2. The molecule has 1 unspecified atom stereocenters. The Kier molecular flexibility index (Phi) is 10.2. The summed E-state index contributed by atoms with van der Waals surface area (Å²) >= 11 is 0. The van der Waals surface area contributed by atoms with Gasteiger partial charge in [0.05, 0.1) is 0 Å². The van der Waals surface area contributed by atoms with Crippen LogP contribution in [0.3, 0.4) is 0 Å². The minimum absolute atomic E-state index is 0.0670. The number of hydrogen-bond acceptors (Lipinski definition) is 6. The Balaban J connectivity index is 1.63. The molecule has 11 heteroatoms. The van der Waals surface area contributed by atoms with Gasteiger partial charge in [0, 0.05) is 24.8 Å². The molecule has 0 spiro atoms. The molecule has 43 heavy (non-hydrogen) atoms. The Morgan fingerprint density at radius 1 is 0.907 bits per heavy atom. The predicted octanol–water partition coefficient (Wildman–Crippen LogP) is 6.48. The number of nitrogens with zero attached hydrogens (tertiary/aromatic N) is 1. The molecule has 2 amide bonds. The number of anilines is 1. The van der Waals surface area contributed by atoms with Crippen molar-refractivity contribution < 1.29 is 33.0 Å². The molecular formula is C32H32F2N4O5. The van der Waals surface area contributed by atoms with Crippen LogP contribution in [0.2, 0.25) is 0 Å². The number of halogens is 2. The van der Waals surface area contributed by atoms with Crippen LogP contribution in [0.25, 0.3) is 11.1 Å². The van der Waals surface area contributed by atoms with Gasteiger partial charge >= 0.3 is 12.0 Å². The Bertz CT molecular complexity index is 1580.